The standard InChI is InChI=1S/C23H19ClF2N2O3S/c24-21-12-19(26)6-5-16(21)13-27-23(29)22-11-15-3-1-2-4-17(15)14-28(22)32(30,31)20-9-7-18(25)8-10-20/h1-10,12,22H,11,13-14H2,(H,27,29)/t22-/m1/s1. The van der Waals surface area contributed by atoms with Gasteiger partial charge in [0.25, 0.3) is 0 Å². The highest BCUT2D eigenvalue weighted by Gasteiger charge is 2.39. The average molecular weight is 477 g/mol. The van der Waals surface area contributed by atoms with Gasteiger partial charge < -0.3 is 5.32 Å². The number of hydrogen-bond donors (Lipinski definition) is 1. The van der Waals surface area contributed by atoms with E-state index in [0.29, 0.717) is 5.56 Å². The van der Waals surface area contributed by atoms with Gasteiger partial charge in [0.2, 0.25) is 15.9 Å². The number of carbonyl (C=O) groups is 1. The van der Waals surface area contributed by atoms with Gasteiger partial charge in [-0.2, -0.15) is 4.31 Å². The average Bonchev–Trinajstić information content (AvgIpc) is 2.77. The van der Waals surface area contributed by atoms with Crippen molar-refractivity contribution in [1.29, 1.82) is 0 Å². The molecule has 0 saturated carbocycles. The third-order valence-electron chi connectivity index (χ3n) is 5.40. The quantitative estimate of drug-likeness (QED) is 0.604. The third kappa shape index (κ3) is 4.53. The zero-order chi connectivity index (χ0) is 22.9. The summed E-state index contributed by atoms with van der Waals surface area (Å²) in [5.74, 6) is -1.56. The molecule has 0 fully saturated rings. The number of rotatable bonds is 5. The molecule has 32 heavy (non-hydrogen) atoms. The van der Waals surface area contributed by atoms with E-state index in [0.717, 1.165) is 33.6 Å². The highest BCUT2D eigenvalue weighted by molar-refractivity contribution is 7.89. The summed E-state index contributed by atoms with van der Waals surface area (Å²) >= 11 is 6.03. The van der Waals surface area contributed by atoms with Gasteiger partial charge in [0.1, 0.15) is 17.7 Å². The molecule has 1 N–H and O–H groups in total. The monoisotopic (exact) mass is 476 g/mol. The first-order valence-electron chi connectivity index (χ1n) is 9.81. The van der Waals surface area contributed by atoms with E-state index in [4.69, 9.17) is 11.6 Å². The molecule has 1 heterocycles. The SMILES string of the molecule is O=C(NCc1ccc(F)cc1Cl)[C@H]1Cc2ccccc2CN1S(=O)(=O)c1ccc(F)cc1. The normalized spacial score (nSPS) is 16.4. The Kier molecular flexibility index (Phi) is 6.28. The highest BCUT2D eigenvalue weighted by Crippen LogP contribution is 2.29. The maximum atomic E-state index is 13.3. The summed E-state index contributed by atoms with van der Waals surface area (Å²) in [6, 6.07) is 14.6. The molecule has 166 valence electrons. The van der Waals surface area contributed by atoms with Crippen molar-refractivity contribution in [1.82, 2.24) is 9.62 Å². The Morgan fingerprint density at radius 3 is 2.34 bits per heavy atom. The number of benzene rings is 3. The van der Waals surface area contributed by atoms with Crippen molar-refractivity contribution < 1.29 is 22.0 Å². The van der Waals surface area contributed by atoms with Crippen LogP contribution in [0.25, 0.3) is 0 Å². The van der Waals surface area contributed by atoms with E-state index in [9.17, 15) is 22.0 Å². The van der Waals surface area contributed by atoms with E-state index in [1.54, 1.807) is 6.07 Å². The topological polar surface area (TPSA) is 66.5 Å². The van der Waals surface area contributed by atoms with E-state index in [2.05, 4.69) is 5.32 Å². The Morgan fingerprint density at radius 1 is 1.00 bits per heavy atom. The largest absolute Gasteiger partial charge is 0.351 e. The maximum Gasteiger partial charge on any atom is 0.244 e. The van der Waals surface area contributed by atoms with Crippen LogP contribution in [0.3, 0.4) is 0 Å². The number of halogens is 3. The van der Waals surface area contributed by atoms with Crippen LogP contribution in [-0.4, -0.2) is 24.7 Å². The van der Waals surface area contributed by atoms with Gasteiger partial charge in [0.15, 0.2) is 0 Å². The molecule has 3 aromatic rings. The van der Waals surface area contributed by atoms with Crippen LogP contribution < -0.4 is 5.32 Å². The number of carbonyl (C=O) groups excluding carboxylic acids is 1. The number of fused-ring (bicyclic) bond motifs is 1. The van der Waals surface area contributed by atoms with E-state index < -0.39 is 33.6 Å². The predicted octanol–water partition coefficient (Wildman–Crippen LogP) is 4.05. The minimum atomic E-state index is -4.08. The fourth-order valence-electron chi connectivity index (χ4n) is 3.68. The lowest BCUT2D eigenvalue weighted by Crippen LogP contribution is -2.52. The van der Waals surface area contributed by atoms with Crippen molar-refractivity contribution in [2.45, 2.75) is 30.4 Å². The number of sulfonamides is 1. The van der Waals surface area contributed by atoms with E-state index in [1.165, 1.54) is 24.3 Å². The summed E-state index contributed by atoms with van der Waals surface area (Å²) in [5.41, 5.74) is 2.17. The van der Waals surface area contributed by atoms with Crippen molar-refractivity contribution in [3.8, 4) is 0 Å². The molecule has 4 rings (SSSR count). The van der Waals surface area contributed by atoms with Crippen LogP contribution in [0.4, 0.5) is 8.78 Å². The minimum Gasteiger partial charge on any atom is -0.351 e. The number of amides is 1. The van der Waals surface area contributed by atoms with Gasteiger partial charge in [-0.15, -0.1) is 0 Å². The van der Waals surface area contributed by atoms with Gasteiger partial charge in [0.05, 0.1) is 4.90 Å². The minimum absolute atomic E-state index is 0.00523. The lowest BCUT2D eigenvalue weighted by molar-refractivity contribution is -0.125. The van der Waals surface area contributed by atoms with Gasteiger partial charge in [0, 0.05) is 18.1 Å². The Morgan fingerprint density at radius 2 is 1.66 bits per heavy atom. The molecular formula is C23H19ClF2N2O3S. The van der Waals surface area contributed by atoms with Crippen molar-refractivity contribution >= 4 is 27.5 Å². The second-order valence-corrected chi connectivity index (χ2v) is 9.74. The van der Waals surface area contributed by atoms with E-state index in [1.807, 2.05) is 18.2 Å². The summed E-state index contributed by atoms with van der Waals surface area (Å²) in [6.07, 6.45) is 0.180. The molecular weight excluding hydrogens is 458 g/mol. The summed E-state index contributed by atoms with van der Waals surface area (Å²) < 4.78 is 54.4. The summed E-state index contributed by atoms with van der Waals surface area (Å²) in [4.78, 5) is 13.0. The molecule has 1 aliphatic heterocycles. The van der Waals surface area contributed by atoms with Crippen molar-refractivity contribution in [3.63, 3.8) is 0 Å². The summed E-state index contributed by atoms with van der Waals surface area (Å²) in [7, 11) is -4.08. The molecule has 0 saturated heterocycles. The summed E-state index contributed by atoms with van der Waals surface area (Å²) in [6.45, 7) is 0.0196. The first-order valence-corrected chi connectivity index (χ1v) is 11.6. The molecule has 0 unspecified atom stereocenters. The molecule has 1 amide bonds. The summed E-state index contributed by atoms with van der Waals surface area (Å²) in [5, 5.41) is 2.87. The Bertz CT molecular complexity index is 1270. The third-order valence-corrected chi connectivity index (χ3v) is 7.62. The fourth-order valence-corrected chi connectivity index (χ4v) is 5.48. The van der Waals surface area contributed by atoms with Gasteiger partial charge in [-0.05, 0) is 59.5 Å². The van der Waals surface area contributed by atoms with E-state index in [-0.39, 0.29) is 29.4 Å². The van der Waals surface area contributed by atoms with Crippen LogP contribution in [0.2, 0.25) is 5.02 Å². The van der Waals surface area contributed by atoms with Crippen LogP contribution in [0.5, 0.6) is 0 Å². The molecule has 0 radical (unpaired) electrons. The Hall–Kier alpha value is -2.81. The maximum absolute atomic E-state index is 13.3. The van der Waals surface area contributed by atoms with Crippen LogP contribution in [0, 0.1) is 11.6 Å². The van der Waals surface area contributed by atoms with Gasteiger partial charge in [-0.1, -0.05) is 41.9 Å². The zero-order valence-corrected chi connectivity index (χ0v) is 18.3. The molecule has 3 aromatic carbocycles. The second-order valence-electron chi connectivity index (χ2n) is 7.45. The highest BCUT2D eigenvalue weighted by atomic mass is 35.5. The van der Waals surface area contributed by atoms with Crippen molar-refractivity contribution in [3.05, 3.63) is 100 Å². The van der Waals surface area contributed by atoms with Crippen LogP contribution in [0.1, 0.15) is 16.7 Å². The second kappa shape index (κ2) is 8.97. The number of nitrogens with zero attached hydrogens (tertiary/aromatic N) is 1. The molecule has 5 nitrogen and oxygen atoms in total. The van der Waals surface area contributed by atoms with Gasteiger partial charge in [-0.3, -0.25) is 4.79 Å². The van der Waals surface area contributed by atoms with Crippen LogP contribution >= 0.6 is 11.6 Å². The first kappa shape index (κ1) is 22.4. The molecule has 0 bridgehead atoms. The van der Waals surface area contributed by atoms with Crippen LogP contribution in [0.15, 0.2) is 71.6 Å². The number of nitrogens with one attached hydrogen (secondary N) is 1. The molecule has 0 spiro atoms. The van der Waals surface area contributed by atoms with Crippen molar-refractivity contribution in [2.24, 2.45) is 0 Å². The first-order chi connectivity index (χ1) is 15.3. The molecule has 1 atom stereocenters. The van der Waals surface area contributed by atoms with Gasteiger partial charge in [-0.25, -0.2) is 17.2 Å². The molecule has 0 aliphatic carbocycles. The molecule has 1 aliphatic rings. The zero-order valence-electron chi connectivity index (χ0n) is 16.8. The Balaban J connectivity index is 1.64. The van der Waals surface area contributed by atoms with Crippen LogP contribution in [-0.2, 0) is 34.3 Å². The lowest BCUT2D eigenvalue weighted by atomic mass is 9.95. The molecule has 0 aromatic heterocycles. The van der Waals surface area contributed by atoms with E-state index >= 15 is 0 Å². The fraction of sp³-hybridized carbons (Fsp3) is 0.174. The Labute approximate surface area is 189 Å². The number of hydrogen-bond acceptors (Lipinski definition) is 3. The van der Waals surface area contributed by atoms with Crippen molar-refractivity contribution in [2.75, 3.05) is 0 Å². The predicted molar refractivity (Wildman–Crippen MR) is 116 cm³/mol. The smallest absolute Gasteiger partial charge is 0.244 e. The molecule has 9 heteroatoms. The lowest BCUT2D eigenvalue weighted by Gasteiger charge is -2.35. The van der Waals surface area contributed by atoms with Gasteiger partial charge >= 0.3 is 0 Å².